The molecule has 23 heavy (non-hydrogen) atoms. The van der Waals surface area contributed by atoms with Crippen LogP contribution in [0.3, 0.4) is 0 Å². The lowest BCUT2D eigenvalue weighted by Crippen LogP contribution is -2.04. The second-order valence-corrected chi connectivity index (χ2v) is 6.21. The van der Waals surface area contributed by atoms with E-state index in [1.165, 1.54) is 43.4 Å². The van der Waals surface area contributed by atoms with Crippen LogP contribution in [0, 0.1) is 0 Å². The fraction of sp³-hybridized carbons (Fsp3) is 0.368. The van der Waals surface area contributed by atoms with E-state index in [9.17, 15) is 4.79 Å². The predicted molar refractivity (Wildman–Crippen MR) is 90.3 cm³/mol. The second-order valence-electron chi connectivity index (χ2n) is 6.21. The first-order valence-corrected chi connectivity index (χ1v) is 8.24. The van der Waals surface area contributed by atoms with E-state index in [2.05, 4.69) is 9.97 Å². The summed E-state index contributed by atoms with van der Waals surface area (Å²) in [4.78, 5) is 18.5. The predicted octanol–water partition coefficient (Wildman–Crippen LogP) is 4.15. The summed E-state index contributed by atoms with van der Waals surface area (Å²) in [7, 11) is 0. The highest BCUT2D eigenvalue weighted by Gasteiger charge is 2.17. The van der Waals surface area contributed by atoms with Gasteiger partial charge in [-0.05, 0) is 30.0 Å². The van der Waals surface area contributed by atoms with Crippen molar-refractivity contribution in [2.75, 3.05) is 0 Å². The van der Waals surface area contributed by atoms with E-state index in [4.69, 9.17) is 5.11 Å². The van der Waals surface area contributed by atoms with Crippen molar-refractivity contribution in [3.8, 4) is 0 Å². The molecule has 2 N–H and O–H groups in total. The van der Waals surface area contributed by atoms with E-state index in [0.717, 1.165) is 23.9 Å². The van der Waals surface area contributed by atoms with Crippen LogP contribution in [0.5, 0.6) is 0 Å². The maximum Gasteiger partial charge on any atom is 0.328 e. The van der Waals surface area contributed by atoms with Gasteiger partial charge in [0.1, 0.15) is 5.82 Å². The van der Waals surface area contributed by atoms with E-state index < -0.39 is 5.97 Å². The smallest absolute Gasteiger partial charge is 0.328 e. The zero-order valence-electron chi connectivity index (χ0n) is 13.2. The molecule has 1 aliphatic carbocycles. The molecule has 0 bridgehead atoms. The van der Waals surface area contributed by atoms with Crippen LogP contribution in [0.25, 0.3) is 6.08 Å². The van der Waals surface area contributed by atoms with Crippen LogP contribution in [0.4, 0.5) is 0 Å². The van der Waals surface area contributed by atoms with Gasteiger partial charge < -0.3 is 10.1 Å². The minimum atomic E-state index is -0.931. The highest BCUT2D eigenvalue weighted by Crippen LogP contribution is 2.31. The van der Waals surface area contributed by atoms with E-state index in [1.54, 1.807) is 6.08 Å². The molecule has 1 heterocycles. The lowest BCUT2D eigenvalue weighted by Gasteiger charge is -2.19. The Balaban J connectivity index is 1.63. The minimum Gasteiger partial charge on any atom is -0.478 e. The van der Waals surface area contributed by atoms with Crippen LogP contribution in [0.15, 0.2) is 36.5 Å². The van der Waals surface area contributed by atoms with Gasteiger partial charge >= 0.3 is 5.97 Å². The molecular formula is C19H22N2O2. The Labute approximate surface area is 136 Å². The van der Waals surface area contributed by atoms with Gasteiger partial charge in [-0.3, -0.25) is 0 Å². The summed E-state index contributed by atoms with van der Waals surface area (Å²) < 4.78 is 0. The molecule has 0 unspecified atom stereocenters. The van der Waals surface area contributed by atoms with Crippen molar-refractivity contribution < 1.29 is 9.90 Å². The highest BCUT2D eigenvalue weighted by atomic mass is 16.4. The van der Waals surface area contributed by atoms with Crippen LogP contribution >= 0.6 is 0 Å². The molecule has 4 nitrogen and oxygen atoms in total. The molecule has 0 spiro atoms. The Morgan fingerprint density at radius 1 is 1.22 bits per heavy atom. The number of hydrogen-bond donors (Lipinski definition) is 2. The fourth-order valence-electron chi connectivity index (χ4n) is 3.20. The molecule has 1 fully saturated rings. The Morgan fingerprint density at radius 2 is 1.96 bits per heavy atom. The van der Waals surface area contributed by atoms with Crippen molar-refractivity contribution in [1.29, 1.82) is 0 Å². The van der Waals surface area contributed by atoms with E-state index in [1.807, 2.05) is 30.5 Å². The normalized spacial score (nSPS) is 16.0. The van der Waals surface area contributed by atoms with Crippen molar-refractivity contribution >= 4 is 12.0 Å². The average molecular weight is 310 g/mol. The summed E-state index contributed by atoms with van der Waals surface area (Å²) in [6, 6.07) is 7.90. The van der Waals surface area contributed by atoms with Gasteiger partial charge in [0.05, 0.1) is 0 Å². The van der Waals surface area contributed by atoms with E-state index >= 15 is 0 Å². The molecule has 0 saturated heterocycles. The number of aliphatic carboxylic acids is 1. The number of imidazole rings is 1. The molecular weight excluding hydrogens is 288 g/mol. The quantitative estimate of drug-likeness (QED) is 0.815. The third-order valence-corrected chi connectivity index (χ3v) is 4.46. The van der Waals surface area contributed by atoms with Crippen LogP contribution in [0.1, 0.15) is 60.7 Å². The first kappa shape index (κ1) is 15.5. The van der Waals surface area contributed by atoms with Crippen LogP contribution < -0.4 is 0 Å². The van der Waals surface area contributed by atoms with Gasteiger partial charge in [0.25, 0.3) is 0 Å². The molecule has 1 aliphatic rings. The Bertz CT molecular complexity index is 680. The number of benzene rings is 1. The van der Waals surface area contributed by atoms with Crippen molar-refractivity contribution in [3.63, 3.8) is 0 Å². The molecule has 1 aromatic carbocycles. The van der Waals surface area contributed by atoms with Gasteiger partial charge in [0, 0.05) is 30.3 Å². The number of carboxylic acids is 1. The summed E-state index contributed by atoms with van der Waals surface area (Å²) in [5.74, 6) is 0.716. The SMILES string of the molecule is O=C(O)/C=C/c1ccc(Cc2ncc(C3CCCCC3)[nH]2)cc1. The van der Waals surface area contributed by atoms with Crippen molar-refractivity contribution in [1.82, 2.24) is 9.97 Å². The molecule has 0 amide bonds. The van der Waals surface area contributed by atoms with Gasteiger partial charge in [-0.2, -0.15) is 0 Å². The standard InChI is InChI=1S/C19H22N2O2/c22-19(23)11-10-14-6-8-15(9-7-14)12-18-20-13-17(21-18)16-4-2-1-3-5-16/h6-11,13,16H,1-5,12H2,(H,20,21)(H,22,23)/b11-10+. The number of aromatic amines is 1. The van der Waals surface area contributed by atoms with E-state index in [0.29, 0.717) is 5.92 Å². The number of nitrogens with zero attached hydrogens (tertiary/aromatic N) is 1. The monoisotopic (exact) mass is 310 g/mol. The van der Waals surface area contributed by atoms with Crippen LogP contribution in [-0.4, -0.2) is 21.0 Å². The number of carboxylic acid groups (broad SMARTS) is 1. The molecule has 1 aromatic heterocycles. The first-order chi connectivity index (χ1) is 11.2. The van der Waals surface area contributed by atoms with E-state index in [-0.39, 0.29) is 0 Å². The number of nitrogens with one attached hydrogen (secondary N) is 1. The highest BCUT2D eigenvalue weighted by molar-refractivity contribution is 5.85. The molecule has 120 valence electrons. The number of hydrogen-bond acceptors (Lipinski definition) is 2. The average Bonchev–Trinajstić information content (AvgIpc) is 3.03. The van der Waals surface area contributed by atoms with Gasteiger partial charge in [-0.1, -0.05) is 43.5 Å². The van der Waals surface area contributed by atoms with Crippen molar-refractivity contribution in [2.45, 2.75) is 44.4 Å². The number of rotatable bonds is 5. The largest absolute Gasteiger partial charge is 0.478 e. The Hall–Kier alpha value is -2.36. The zero-order chi connectivity index (χ0) is 16.1. The van der Waals surface area contributed by atoms with Gasteiger partial charge in [0.2, 0.25) is 0 Å². The van der Waals surface area contributed by atoms with Crippen molar-refractivity contribution in [3.05, 3.63) is 59.2 Å². The van der Waals surface area contributed by atoms with Gasteiger partial charge in [0.15, 0.2) is 0 Å². The first-order valence-electron chi connectivity index (χ1n) is 8.24. The lowest BCUT2D eigenvalue weighted by atomic mass is 9.87. The van der Waals surface area contributed by atoms with Crippen molar-refractivity contribution in [2.24, 2.45) is 0 Å². The summed E-state index contributed by atoms with van der Waals surface area (Å²) in [5, 5.41) is 8.63. The minimum absolute atomic E-state index is 0.647. The maximum absolute atomic E-state index is 10.5. The Morgan fingerprint density at radius 3 is 2.65 bits per heavy atom. The third-order valence-electron chi connectivity index (χ3n) is 4.46. The summed E-state index contributed by atoms with van der Waals surface area (Å²) in [6.07, 6.45) is 12.1. The summed E-state index contributed by atoms with van der Waals surface area (Å²) in [5.41, 5.74) is 3.33. The van der Waals surface area contributed by atoms with Crippen LogP contribution in [0.2, 0.25) is 0 Å². The topological polar surface area (TPSA) is 66.0 Å². The lowest BCUT2D eigenvalue weighted by molar-refractivity contribution is -0.131. The molecule has 3 rings (SSSR count). The molecule has 4 heteroatoms. The number of aromatic nitrogens is 2. The molecule has 0 aliphatic heterocycles. The molecule has 0 atom stereocenters. The number of carbonyl (C=O) groups is 1. The fourth-order valence-corrected chi connectivity index (χ4v) is 3.20. The maximum atomic E-state index is 10.5. The zero-order valence-corrected chi connectivity index (χ0v) is 13.2. The summed E-state index contributed by atoms with van der Waals surface area (Å²) >= 11 is 0. The number of H-pyrrole nitrogens is 1. The Kier molecular flexibility index (Phi) is 4.91. The second kappa shape index (κ2) is 7.27. The van der Waals surface area contributed by atoms with Gasteiger partial charge in [-0.15, -0.1) is 0 Å². The van der Waals surface area contributed by atoms with Gasteiger partial charge in [-0.25, -0.2) is 9.78 Å². The summed E-state index contributed by atoms with van der Waals surface area (Å²) in [6.45, 7) is 0. The van der Waals surface area contributed by atoms with Crippen LogP contribution in [-0.2, 0) is 11.2 Å². The molecule has 2 aromatic rings. The third kappa shape index (κ3) is 4.31. The molecule has 1 saturated carbocycles. The molecule has 0 radical (unpaired) electrons.